The van der Waals surface area contributed by atoms with Gasteiger partial charge in [-0.25, -0.2) is 4.79 Å². The Bertz CT molecular complexity index is 1910. The summed E-state index contributed by atoms with van der Waals surface area (Å²) in [6.07, 6.45) is -20.5. The van der Waals surface area contributed by atoms with E-state index in [1.54, 1.807) is 6.92 Å². The van der Waals surface area contributed by atoms with Crippen molar-refractivity contribution in [3.63, 3.8) is 0 Å². The van der Waals surface area contributed by atoms with Crippen molar-refractivity contribution in [2.24, 2.45) is 50.2 Å². The van der Waals surface area contributed by atoms with Crippen molar-refractivity contribution in [1.29, 1.82) is 0 Å². The summed E-state index contributed by atoms with van der Waals surface area (Å²) in [4.78, 5) is 39.8. The number of allylic oxidation sites excluding steroid dienone is 2. The first-order valence-corrected chi connectivity index (χ1v) is 23.8. The van der Waals surface area contributed by atoms with Crippen molar-refractivity contribution < 1.29 is 99.0 Å². The van der Waals surface area contributed by atoms with E-state index in [1.807, 2.05) is 0 Å². The van der Waals surface area contributed by atoms with E-state index < -0.39 is 150 Å². The van der Waals surface area contributed by atoms with Crippen molar-refractivity contribution in [2.45, 2.75) is 198 Å². The number of carboxylic acid groups (broad SMARTS) is 2. The van der Waals surface area contributed by atoms with Crippen LogP contribution in [0.25, 0.3) is 0 Å². The first kappa shape index (κ1) is 51.1. The predicted octanol–water partition coefficient (Wildman–Crippen LogP) is -0.413. The third-order valence-electron chi connectivity index (χ3n) is 18.9. The van der Waals surface area contributed by atoms with Gasteiger partial charge in [0.15, 0.2) is 25.0 Å². The van der Waals surface area contributed by atoms with E-state index in [0.717, 1.165) is 11.9 Å². The molecule has 3 heterocycles. The van der Waals surface area contributed by atoms with Crippen LogP contribution >= 0.6 is 0 Å². The van der Waals surface area contributed by atoms with Gasteiger partial charge >= 0.3 is 11.9 Å². The van der Waals surface area contributed by atoms with Gasteiger partial charge in [-0.1, -0.05) is 53.2 Å². The van der Waals surface area contributed by atoms with Gasteiger partial charge in [0.25, 0.3) is 0 Å². The molecule has 20 heteroatoms. The van der Waals surface area contributed by atoms with Crippen LogP contribution in [0.2, 0.25) is 0 Å². The number of ether oxygens (including phenoxy) is 6. The highest BCUT2D eigenvalue weighted by molar-refractivity contribution is 5.78. The molecule has 0 radical (unpaired) electrons. The maximum atomic E-state index is 13.8. The predicted molar refractivity (Wildman–Crippen MR) is 227 cm³/mol. The van der Waals surface area contributed by atoms with Crippen LogP contribution in [0.4, 0.5) is 0 Å². The van der Waals surface area contributed by atoms with Gasteiger partial charge in [-0.3, -0.25) is 4.79 Å². The van der Waals surface area contributed by atoms with Crippen LogP contribution in [-0.2, 0) is 42.8 Å². The fourth-order valence-electron chi connectivity index (χ4n) is 14.8. The molecule has 0 aromatic rings. The van der Waals surface area contributed by atoms with E-state index in [0.29, 0.717) is 44.9 Å². The van der Waals surface area contributed by atoms with Crippen LogP contribution in [0.5, 0.6) is 0 Å². The van der Waals surface area contributed by atoms with E-state index in [-0.39, 0.29) is 36.0 Å². The molecule has 0 amide bonds. The zero-order chi connectivity index (χ0) is 49.1. The molecular weight excluding hydrogens is 884 g/mol. The van der Waals surface area contributed by atoms with Gasteiger partial charge in [-0.2, -0.15) is 0 Å². The number of hydrogen-bond acceptors (Lipinski definition) is 18. The van der Waals surface area contributed by atoms with Gasteiger partial charge in [0.1, 0.15) is 72.7 Å². The van der Waals surface area contributed by atoms with E-state index in [4.69, 9.17) is 28.4 Å². The molecule has 0 bridgehead atoms. The summed E-state index contributed by atoms with van der Waals surface area (Å²) in [5.41, 5.74) is -3.10. The lowest BCUT2D eigenvalue weighted by molar-refractivity contribution is -0.391. The molecule has 4 saturated carbocycles. The second kappa shape index (κ2) is 17.8. The maximum Gasteiger partial charge on any atom is 0.335 e. The monoisotopic (exact) mass is 956 g/mol. The molecular formula is C47H72O20. The average molecular weight is 957 g/mol. The molecule has 8 rings (SSSR count). The number of hydrogen-bond donors (Lipinski definition) is 11. The minimum atomic E-state index is -2.14. The molecule has 2 unspecified atom stereocenters. The SMILES string of the molecule is CC1(C)CC[C@]2(C(=O)O)[C@H](O)C[C@]3(C)C(=CC[C@@H]4[C@@]5(C)CC[C@H](O[C@@H]6O[C@H](C(=O)O)[C@@H](O)[C@H](O[C@@H]7OC[C@@H](O)[C@H](O)[C@H]7O)[C@H]6O[C@@H]6O[C@H](CO)[C@@H](O)C(O)C6O)[C@@](C)(C=O)[C@@H]5CC[C@]43C)[C@@H]2C1. The molecule has 3 saturated heterocycles. The van der Waals surface area contributed by atoms with E-state index in [9.17, 15) is 70.6 Å². The lowest BCUT2D eigenvalue weighted by Crippen LogP contribution is -2.69. The van der Waals surface area contributed by atoms with Crippen LogP contribution in [-0.4, -0.2) is 186 Å². The van der Waals surface area contributed by atoms with Crippen LogP contribution in [0.15, 0.2) is 11.6 Å². The molecule has 5 aliphatic carbocycles. The summed E-state index contributed by atoms with van der Waals surface area (Å²) in [5, 5.41) is 118. The minimum absolute atomic E-state index is 0.0258. The number of fused-ring (bicyclic) bond motifs is 7. The van der Waals surface area contributed by atoms with Crippen LogP contribution in [0, 0.1) is 50.2 Å². The lowest BCUT2D eigenvalue weighted by atomic mass is 9.33. The molecule has 24 atom stereocenters. The number of aliphatic carboxylic acids is 2. The number of carbonyl (C=O) groups is 3. The third kappa shape index (κ3) is 7.78. The largest absolute Gasteiger partial charge is 0.481 e. The highest BCUT2D eigenvalue weighted by Crippen LogP contribution is 2.76. The van der Waals surface area contributed by atoms with Crippen molar-refractivity contribution >= 4 is 18.2 Å². The van der Waals surface area contributed by atoms with Crippen molar-refractivity contribution in [3.05, 3.63) is 11.6 Å². The Morgan fingerprint density at radius 1 is 0.731 bits per heavy atom. The zero-order valence-electron chi connectivity index (χ0n) is 39.0. The fraction of sp³-hybridized carbons (Fsp3) is 0.894. The fourth-order valence-corrected chi connectivity index (χ4v) is 14.8. The Morgan fingerprint density at radius 3 is 2.04 bits per heavy atom. The van der Waals surface area contributed by atoms with Crippen molar-refractivity contribution in [2.75, 3.05) is 13.2 Å². The smallest absolute Gasteiger partial charge is 0.335 e. The quantitative estimate of drug-likeness (QED) is 0.0753. The van der Waals surface area contributed by atoms with Crippen LogP contribution in [0.1, 0.15) is 99.3 Å². The average Bonchev–Trinajstić information content (AvgIpc) is 3.26. The van der Waals surface area contributed by atoms with E-state index in [2.05, 4.69) is 40.7 Å². The normalized spacial score (nSPS) is 54.0. The minimum Gasteiger partial charge on any atom is -0.481 e. The summed E-state index contributed by atoms with van der Waals surface area (Å²) in [7, 11) is 0. The highest BCUT2D eigenvalue weighted by Gasteiger charge is 2.72. The van der Waals surface area contributed by atoms with Gasteiger partial charge in [0, 0.05) is 0 Å². The summed E-state index contributed by atoms with van der Waals surface area (Å²) in [6.45, 7) is 11.3. The van der Waals surface area contributed by atoms with Crippen molar-refractivity contribution in [1.82, 2.24) is 0 Å². The second-order valence-corrected chi connectivity index (χ2v) is 22.8. The topological polar surface area (TPSA) is 329 Å². The second-order valence-electron chi connectivity index (χ2n) is 22.8. The van der Waals surface area contributed by atoms with Crippen LogP contribution < -0.4 is 0 Å². The molecule has 0 aromatic carbocycles. The number of carbonyl (C=O) groups excluding carboxylic acids is 1. The lowest BCUT2D eigenvalue weighted by Gasteiger charge is -2.71. The number of carboxylic acids is 2. The van der Waals surface area contributed by atoms with E-state index >= 15 is 0 Å². The Kier molecular flexibility index (Phi) is 13.6. The van der Waals surface area contributed by atoms with Crippen LogP contribution in [0.3, 0.4) is 0 Å². The molecule has 0 aromatic heterocycles. The highest BCUT2D eigenvalue weighted by atomic mass is 16.8. The van der Waals surface area contributed by atoms with Crippen molar-refractivity contribution in [3.8, 4) is 0 Å². The summed E-state index contributed by atoms with van der Waals surface area (Å²) in [5.74, 6) is -3.36. The molecule has 67 heavy (non-hydrogen) atoms. The van der Waals surface area contributed by atoms with E-state index in [1.165, 1.54) is 0 Å². The summed E-state index contributed by atoms with van der Waals surface area (Å²) in [6, 6.07) is 0. The standard InChI is InChI=1S/C47H72O20/c1-42(2)13-14-47(41(60)61)21(15-42)20-7-8-25-43(3)11-10-27(44(4,19-49)24(43)9-12-45(25,5)46(20,6)16-26(47)51)64-40-36(67-39-32(56)30(54)29(53)23(17-48)63-39)34(33(57)35(66-40)37(58)59)65-38-31(55)28(52)22(50)18-62-38/h7,19,21-36,38-40,48,50-57H,8-18H2,1-6H3,(H,58,59)(H,60,61)/t21-,22+,23+,24+,25+,26+,27-,28-,29+,30?,31+,32?,33-,34-,35-,36+,38-,39-,40+,43-,44-,45+,46+,47+/m0/s1. The summed E-state index contributed by atoms with van der Waals surface area (Å²) < 4.78 is 35.9. The first-order valence-electron chi connectivity index (χ1n) is 23.8. The Balaban J connectivity index is 1.13. The van der Waals surface area contributed by atoms with Gasteiger partial charge in [-0.15, -0.1) is 0 Å². The maximum absolute atomic E-state index is 13.8. The number of aldehydes is 1. The molecule has 7 fully saturated rings. The zero-order valence-corrected chi connectivity index (χ0v) is 39.0. The summed E-state index contributed by atoms with van der Waals surface area (Å²) >= 11 is 0. The molecule has 20 nitrogen and oxygen atoms in total. The van der Waals surface area contributed by atoms with Gasteiger partial charge in [-0.05, 0) is 97.2 Å². The van der Waals surface area contributed by atoms with Gasteiger partial charge in [0.2, 0.25) is 0 Å². The molecule has 11 N–H and O–H groups in total. The number of aliphatic hydroxyl groups is 9. The Hall–Kier alpha value is -2.25. The molecule has 3 aliphatic heterocycles. The van der Waals surface area contributed by atoms with Gasteiger partial charge in [0.05, 0.1) is 30.8 Å². The molecule has 8 aliphatic rings. The third-order valence-corrected chi connectivity index (χ3v) is 18.9. The number of aliphatic hydroxyl groups excluding tert-OH is 9. The Labute approximate surface area is 389 Å². The Morgan fingerprint density at radius 2 is 1.40 bits per heavy atom. The first-order chi connectivity index (χ1) is 31.3. The molecule has 380 valence electrons. The van der Waals surface area contributed by atoms with Gasteiger partial charge < -0.3 is 89.4 Å². The molecule has 0 spiro atoms. The number of rotatable bonds is 10.